The summed E-state index contributed by atoms with van der Waals surface area (Å²) in [5.41, 5.74) is 6.27. The largest absolute Gasteiger partial charge is 0.330 e. The van der Waals surface area contributed by atoms with Crippen LogP contribution in [0.25, 0.3) is 0 Å². The van der Waals surface area contributed by atoms with Crippen molar-refractivity contribution in [1.29, 1.82) is 0 Å². The summed E-state index contributed by atoms with van der Waals surface area (Å²) in [4.78, 5) is 0. The van der Waals surface area contributed by atoms with E-state index < -0.39 is 0 Å². The Bertz CT molecular complexity index is 303. The van der Waals surface area contributed by atoms with Gasteiger partial charge in [0.15, 0.2) is 0 Å². The van der Waals surface area contributed by atoms with Gasteiger partial charge in [-0.2, -0.15) is 0 Å². The van der Waals surface area contributed by atoms with Crippen molar-refractivity contribution in [3.8, 4) is 0 Å². The van der Waals surface area contributed by atoms with Crippen molar-refractivity contribution in [3.63, 3.8) is 0 Å². The number of hydrogen-bond donors (Lipinski definition) is 1. The first-order valence-electron chi connectivity index (χ1n) is 4.62. The molecule has 0 spiro atoms. The molecule has 0 bridgehead atoms. The van der Waals surface area contributed by atoms with E-state index in [0.29, 0.717) is 11.6 Å². The molecule has 0 heterocycles. The van der Waals surface area contributed by atoms with Crippen molar-refractivity contribution in [3.05, 3.63) is 34.6 Å². The number of rotatable bonds is 3. The summed E-state index contributed by atoms with van der Waals surface area (Å²) >= 11 is 5.79. The van der Waals surface area contributed by atoms with E-state index >= 15 is 0 Å². The SMILES string of the molecule is CC(C)(CCN)c1cc(F)cc(Cl)c1. The molecule has 0 saturated heterocycles. The Balaban J connectivity index is 3.05. The van der Waals surface area contributed by atoms with Crippen LogP contribution >= 0.6 is 11.6 Å². The number of benzene rings is 1. The molecule has 1 aromatic rings. The average Bonchev–Trinajstić information content (AvgIpc) is 2.02. The molecular weight excluding hydrogens is 201 g/mol. The Labute approximate surface area is 89.1 Å². The Kier molecular flexibility index (Phi) is 3.51. The van der Waals surface area contributed by atoms with Gasteiger partial charge in [-0.3, -0.25) is 0 Å². The second-order valence-electron chi connectivity index (χ2n) is 4.08. The van der Waals surface area contributed by atoms with Gasteiger partial charge in [-0.15, -0.1) is 0 Å². The molecule has 0 fully saturated rings. The third-order valence-corrected chi connectivity index (χ3v) is 2.63. The molecule has 1 rings (SSSR count). The van der Waals surface area contributed by atoms with Crippen LogP contribution in [0.1, 0.15) is 25.8 Å². The van der Waals surface area contributed by atoms with Crippen molar-refractivity contribution < 1.29 is 4.39 Å². The molecule has 0 radical (unpaired) electrons. The Morgan fingerprint density at radius 1 is 1.36 bits per heavy atom. The van der Waals surface area contributed by atoms with E-state index in [1.165, 1.54) is 12.1 Å². The highest BCUT2D eigenvalue weighted by atomic mass is 35.5. The molecule has 78 valence electrons. The molecule has 0 aliphatic rings. The van der Waals surface area contributed by atoms with E-state index in [4.69, 9.17) is 17.3 Å². The van der Waals surface area contributed by atoms with Crippen molar-refractivity contribution in [2.45, 2.75) is 25.7 Å². The lowest BCUT2D eigenvalue weighted by atomic mass is 9.81. The maximum Gasteiger partial charge on any atom is 0.124 e. The molecule has 14 heavy (non-hydrogen) atoms. The quantitative estimate of drug-likeness (QED) is 0.824. The lowest BCUT2D eigenvalue weighted by Gasteiger charge is -2.24. The first-order valence-corrected chi connectivity index (χ1v) is 5.00. The molecule has 1 aromatic carbocycles. The summed E-state index contributed by atoms with van der Waals surface area (Å²) in [5, 5.41) is 0.435. The van der Waals surface area contributed by atoms with E-state index in [1.54, 1.807) is 6.07 Å². The van der Waals surface area contributed by atoms with Crippen molar-refractivity contribution in [2.24, 2.45) is 5.73 Å². The van der Waals surface area contributed by atoms with E-state index in [-0.39, 0.29) is 11.2 Å². The third-order valence-electron chi connectivity index (χ3n) is 2.41. The molecule has 0 aromatic heterocycles. The van der Waals surface area contributed by atoms with Crippen molar-refractivity contribution in [1.82, 2.24) is 0 Å². The summed E-state index contributed by atoms with van der Waals surface area (Å²) in [6.45, 7) is 4.65. The molecular formula is C11H15ClFN. The Hall–Kier alpha value is -0.600. The highest BCUT2D eigenvalue weighted by molar-refractivity contribution is 6.30. The van der Waals surface area contributed by atoms with Gasteiger partial charge in [-0.25, -0.2) is 4.39 Å². The smallest absolute Gasteiger partial charge is 0.124 e. The number of halogens is 2. The first kappa shape index (κ1) is 11.5. The Morgan fingerprint density at radius 3 is 2.50 bits per heavy atom. The minimum absolute atomic E-state index is 0.125. The average molecular weight is 216 g/mol. The maximum atomic E-state index is 13.1. The van der Waals surface area contributed by atoms with Gasteiger partial charge in [0.2, 0.25) is 0 Å². The predicted molar refractivity (Wildman–Crippen MR) is 58.1 cm³/mol. The van der Waals surface area contributed by atoms with Gasteiger partial charge in [-0.1, -0.05) is 25.4 Å². The maximum absolute atomic E-state index is 13.1. The summed E-state index contributed by atoms with van der Waals surface area (Å²) in [6.07, 6.45) is 0.812. The van der Waals surface area contributed by atoms with Gasteiger partial charge in [0, 0.05) is 5.02 Å². The Morgan fingerprint density at radius 2 is 2.00 bits per heavy atom. The van der Waals surface area contributed by atoms with Crippen LogP contribution in [-0.4, -0.2) is 6.54 Å². The second kappa shape index (κ2) is 4.28. The van der Waals surface area contributed by atoms with E-state index in [0.717, 1.165) is 12.0 Å². The monoisotopic (exact) mass is 215 g/mol. The summed E-state index contributed by atoms with van der Waals surface area (Å²) in [6, 6.07) is 4.62. The van der Waals surface area contributed by atoms with Crippen LogP contribution in [0.4, 0.5) is 4.39 Å². The number of nitrogens with two attached hydrogens (primary N) is 1. The highest BCUT2D eigenvalue weighted by Crippen LogP contribution is 2.29. The highest BCUT2D eigenvalue weighted by Gasteiger charge is 2.20. The molecule has 0 unspecified atom stereocenters. The zero-order valence-electron chi connectivity index (χ0n) is 8.48. The van der Waals surface area contributed by atoms with Gasteiger partial charge >= 0.3 is 0 Å². The summed E-state index contributed by atoms with van der Waals surface area (Å²) in [5.74, 6) is -0.294. The molecule has 2 N–H and O–H groups in total. The molecule has 0 amide bonds. The fraction of sp³-hybridized carbons (Fsp3) is 0.455. The first-order chi connectivity index (χ1) is 6.45. The van der Waals surface area contributed by atoms with Crippen LogP contribution in [0.3, 0.4) is 0 Å². The van der Waals surface area contributed by atoms with Crippen LogP contribution in [0.5, 0.6) is 0 Å². The fourth-order valence-electron chi connectivity index (χ4n) is 1.45. The molecule has 0 saturated carbocycles. The normalized spacial score (nSPS) is 11.8. The lowest BCUT2D eigenvalue weighted by molar-refractivity contribution is 0.483. The van der Waals surface area contributed by atoms with E-state index in [9.17, 15) is 4.39 Å². The minimum atomic E-state index is -0.294. The van der Waals surface area contributed by atoms with Gasteiger partial charge in [0.05, 0.1) is 0 Å². The van der Waals surface area contributed by atoms with Gasteiger partial charge in [0.1, 0.15) is 5.82 Å². The molecule has 0 atom stereocenters. The second-order valence-corrected chi connectivity index (χ2v) is 4.52. The molecule has 0 aliphatic carbocycles. The van der Waals surface area contributed by atoms with Crippen molar-refractivity contribution >= 4 is 11.6 Å². The number of hydrogen-bond acceptors (Lipinski definition) is 1. The van der Waals surface area contributed by atoms with E-state index in [2.05, 4.69) is 0 Å². The zero-order chi connectivity index (χ0) is 10.8. The minimum Gasteiger partial charge on any atom is -0.330 e. The third kappa shape index (κ3) is 2.69. The summed E-state index contributed by atoms with van der Waals surface area (Å²) < 4.78 is 13.1. The van der Waals surface area contributed by atoms with Crippen molar-refractivity contribution in [2.75, 3.05) is 6.54 Å². The molecule has 1 nitrogen and oxygen atoms in total. The van der Waals surface area contributed by atoms with Gasteiger partial charge in [-0.05, 0) is 42.1 Å². The van der Waals surface area contributed by atoms with Crippen LogP contribution in [0.2, 0.25) is 5.02 Å². The van der Waals surface area contributed by atoms with Crippen LogP contribution in [0, 0.1) is 5.82 Å². The van der Waals surface area contributed by atoms with E-state index in [1.807, 2.05) is 13.8 Å². The van der Waals surface area contributed by atoms with Crippen LogP contribution in [0.15, 0.2) is 18.2 Å². The van der Waals surface area contributed by atoms with Crippen LogP contribution in [-0.2, 0) is 5.41 Å². The summed E-state index contributed by atoms with van der Waals surface area (Å²) in [7, 11) is 0. The van der Waals surface area contributed by atoms with Gasteiger partial charge < -0.3 is 5.73 Å². The lowest BCUT2D eigenvalue weighted by Crippen LogP contribution is -2.21. The zero-order valence-corrected chi connectivity index (χ0v) is 9.24. The fourth-order valence-corrected chi connectivity index (χ4v) is 1.67. The van der Waals surface area contributed by atoms with Crippen LogP contribution < -0.4 is 5.73 Å². The molecule has 3 heteroatoms. The standard InChI is InChI=1S/C11H15ClFN/c1-11(2,3-4-14)8-5-9(12)7-10(13)6-8/h5-7H,3-4,14H2,1-2H3. The predicted octanol–water partition coefficient (Wildman–Crippen LogP) is 3.11. The topological polar surface area (TPSA) is 26.0 Å². The van der Waals surface area contributed by atoms with Gasteiger partial charge in [0.25, 0.3) is 0 Å². The molecule has 0 aliphatic heterocycles.